The van der Waals surface area contributed by atoms with Gasteiger partial charge in [-0.1, -0.05) is 50.4 Å². The van der Waals surface area contributed by atoms with Crippen molar-refractivity contribution in [3.63, 3.8) is 0 Å². The summed E-state index contributed by atoms with van der Waals surface area (Å²) in [5.74, 6) is -0.269. The largest absolute Gasteiger partial charge is 0.340 e. The Labute approximate surface area is 149 Å². The van der Waals surface area contributed by atoms with E-state index >= 15 is 0 Å². The maximum Gasteiger partial charge on any atom is 0.253 e. The zero-order valence-corrected chi connectivity index (χ0v) is 15.5. The lowest BCUT2D eigenvalue weighted by Crippen LogP contribution is -2.53. The molecule has 1 fully saturated rings. The second-order valence-corrected chi connectivity index (χ2v) is 7.14. The average molecular weight is 351 g/mol. The van der Waals surface area contributed by atoms with Crippen molar-refractivity contribution >= 4 is 23.4 Å². The summed E-state index contributed by atoms with van der Waals surface area (Å²) in [7, 11) is 0. The van der Waals surface area contributed by atoms with Crippen molar-refractivity contribution in [1.29, 1.82) is 0 Å². The number of nitrogens with zero attached hydrogens (tertiary/aromatic N) is 1. The molecule has 132 valence electrons. The van der Waals surface area contributed by atoms with Crippen molar-refractivity contribution in [2.75, 3.05) is 6.54 Å². The van der Waals surface area contributed by atoms with Crippen LogP contribution in [0.15, 0.2) is 24.3 Å². The van der Waals surface area contributed by atoms with Crippen LogP contribution in [0.2, 0.25) is 5.02 Å². The molecule has 1 N–H and O–H groups in total. The number of rotatable bonds is 6. The fourth-order valence-corrected chi connectivity index (χ4v) is 3.59. The summed E-state index contributed by atoms with van der Waals surface area (Å²) in [6.07, 6.45) is 4.46. The van der Waals surface area contributed by atoms with Gasteiger partial charge in [-0.15, -0.1) is 0 Å². The highest BCUT2D eigenvalue weighted by Crippen LogP contribution is 2.25. The molecule has 4 nitrogen and oxygen atoms in total. The van der Waals surface area contributed by atoms with Crippen LogP contribution in [0.1, 0.15) is 56.8 Å². The minimum absolute atomic E-state index is 0.0133. The van der Waals surface area contributed by atoms with Gasteiger partial charge in [-0.05, 0) is 37.8 Å². The number of amides is 2. The summed E-state index contributed by atoms with van der Waals surface area (Å²) in [5.41, 5.74) is 0.404. The predicted octanol–water partition coefficient (Wildman–Crippen LogP) is 3.89. The number of hydrogen-bond acceptors (Lipinski definition) is 2. The maximum atomic E-state index is 13.0. The molecular weight excluding hydrogens is 324 g/mol. The Morgan fingerprint density at radius 3 is 2.42 bits per heavy atom. The van der Waals surface area contributed by atoms with E-state index in [0.717, 1.165) is 12.8 Å². The third kappa shape index (κ3) is 4.29. The average Bonchev–Trinajstić information content (AvgIpc) is 3.07. The zero-order valence-electron chi connectivity index (χ0n) is 14.7. The lowest BCUT2D eigenvalue weighted by Gasteiger charge is -2.33. The molecule has 5 heteroatoms. The first-order valence-corrected chi connectivity index (χ1v) is 9.19. The number of benzene rings is 1. The summed E-state index contributed by atoms with van der Waals surface area (Å²) >= 11 is 6.10. The minimum atomic E-state index is -0.533. The predicted molar refractivity (Wildman–Crippen MR) is 97.2 cm³/mol. The number of carbonyl (C=O) groups excluding carboxylic acids is 2. The first kappa shape index (κ1) is 18.8. The van der Waals surface area contributed by atoms with Gasteiger partial charge in [-0.2, -0.15) is 0 Å². The van der Waals surface area contributed by atoms with Gasteiger partial charge in [0.05, 0.1) is 10.6 Å². The third-order valence-corrected chi connectivity index (χ3v) is 5.06. The quantitative estimate of drug-likeness (QED) is 0.846. The Morgan fingerprint density at radius 2 is 1.88 bits per heavy atom. The van der Waals surface area contributed by atoms with Crippen molar-refractivity contribution in [2.24, 2.45) is 5.92 Å². The van der Waals surface area contributed by atoms with Crippen LogP contribution >= 0.6 is 11.6 Å². The first-order valence-electron chi connectivity index (χ1n) is 8.81. The highest BCUT2D eigenvalue weighted by molar-refractivity contribution is 6.33. The molecule has 1 aliphatic carbocycles. The number of halogens is 1. The normalized spacial score (nSPS) is 16.2. The molecule has 0 heterocycles. The zero-order chi connectivity index (χ0) is 17.7. The molecule has 0 bridgehead atoms. The van der Waals surface area contributed by atoms with Crippen LogP contribution in [0.3, 0.4) is 0 Å². The first-order chi connectivity index (χ1) is 11.5. The van der Waals surface area contributed by atoms with E-state index < -0.39 is 6.04 Å². The van der Waals surface area contributed by atoms with E-state index in [2.05, 4.69) is 5.32 Å². The molecule has 24 heavy (non-hydrogen) atoms. The Balaban J connectivity index is 2.14. The summed E-state index contributed by atoms with van der Waals surface area (Å²) in [4.78, 5) is 27.5. The highest BCUT2D eigenvalue weighted by atomic mass is 35.5. The van der Waals surface area contributed by atoms with E-state index in [4.69, 9.17) is 11.6 Å². The smallest absolute Gasteiger partial charge is 0.253 e. The van der Waals surface area contributed by atoms with Gasteiger partial charge < -0.3 is 10.2 Å². The van der Waals surface area contributed by atoms with Crippen LogP contribution in [0.4, 0.5) is 0 Å². The van der Waals surface area contributed by atoms with Crippen LogP contribution in [-0.4, -0.2) is 35.3 Å². The van der Waals surface area contributed by atoms with Crippen molar-refractivity contribution in [2.45, 2.75) is 58.5 Å². The fourth-order valence-electron chi connectivity index (χ4n) is 3.37. The standard InChI is InChI=1S/C19H27ClN2O2/c1-4-22(14-9-5-6-10-14)19(24)17(13(2)3)21-18(23)15-11-7-8-12-16(15)20/h7-8,11-14,17H,4-6,9-10H2,1-3H3,(H,21,23). The third-order valence-electron chi connectivity index (χ3n) is 4.73. The van der Waals surface area contributed by atoms with Gasteiger partial charge in [0.25, 0.3) is 5.91 Å². The van der Waals surface area contributed by atoms with E-state index in [0.29, 0.717) is 23.2 Å². The molecule has 0 saturated heterocycles. The van der Waals surface area contributed by atoms with Crippen molar-refractivity contribution in [3.05, 3.63) is 34.9 Å². The summed E-state index contributed by atoms with van der Waals surface area (Å²) < 4.78 is 0. The van der Waals surface area contributed by atoms with Crippen molar-refractivity contribution in [1.82, 2.24) is 10.2 Å². The number of hydrogen-bond donors (Lipinski definition) is 1. The molecule has 2 rings (SSSR count). The molecule has 0 spiro atoms. The molecule has 1 aromatic rings. The molecule has 1 aliphatic rings. The SMILES string of the molecule is CCN(C(=O)C(NC(=O)c1ccccc1Cl)C(C)C)C1CCCC1. The van der Waals surface area contributed by atoms with Crippen LogP contribution in [0, 0.1) is 5.92 Å². The van der Waals surface area contributed by atoms with Crippen molar-refractivity contribution in [3.8, 4) is 0 Å². The van der Waals surface area contributed by atoms with Gasteiger partial charge in [-0.3, -0.25) is 9.59 Å². The van der Waals surface area contributed by atoms with Gasteiger partial charge >= 0.3 is 0 Å². The number of likely N-dealkylation sites (N-methyl/N-ethyl adjacent to an activating group) is 1. The Kier molecular flexibility index (Phi) is 6.67. The van der Waals surface area contributed by atoms with Gasteiger partial charge in [0.15, 0.2) is 0 Å². The van der Waals surface area contributed by atoms with Gasteiger partial charge in [-0.25, -0.2) is 0 Å². The highest BCUT2D eigenvalue weighted by Gasteiger charge is 2.33. The minimum Gasteiger partial charge on any atom is -0.340 e. The molecule has 1 unspecified atom stereocenters. The molecule has 0 aliphatic heterocycles. The van der Waals surface area contributed by atoms with Gasteiger partial charge in [0.2, 0.25) is 5.91 Å². The van der Waals surface area contributed by atoms with Gasteiger partial charge in [0.1, 0.15) is 6.04 Å². The monoisotopic (exact) mass is 350 g/mol. The van der Waals surface area contributed by atoms with Crippen LogP contribution in [-0.2, 0) is 4.79 Å². The van der Waals surface area contributed by atoms with Gasteiger partial charge in [0, 0.05) is 12.6 Å². The summed E-state index contributed by atoms with van der Waals surface area (Å²) in [6, 6.07) is 6.68. The lowest BCUT2D eigenvalue weighted by atomic mass is 10.0. The Bertz CT molecular complexity index is 582. The maximum absolute atomic E-state index is 13.0. The van der Waals surface area contributed by atoms with E-state index in [1.165, 1.54) is 12.8 Å². The number of carbonyl (C=O) groups is 2. The lowest BCUT2D eigenvalue weighted by molar-refractivity contribution is -0.136. The molecule has 0 radical (unpaired) electrons. The molecular formula is C19H27ClN2O2. The molecule has 1 atom stereocenters. The Morgan fingerprint density at radius 1 is 1.25 bits per heavy atom. The van der Waals surface area contributed by atoms with Crippen LogP contribution < -0.4 is 5.32 Å². The summed E-state index contributed by atoms with van der Waals surface area (Å²) in [5, 5.41) is 3.29. The topological polar surface area (TPSA) is 49.4 Å². The second-order valence-electron chi connectivity index (χ2n) is 6.74. The fraction of sp³-hybridized carbons (Fsp3) is 0.579. The van der Waals surface area contributed by atoms with E-state index in [1.54, 1.807) is 24.3 Å². The molecule has 0 aromatic heterocycles. The van der Waals surface area contributed by atoms with E-state index in [-0.39, 0.29) is 17.7 Å². The van der Waals surface area contributed by atoms with Crippen LogP contribution in [0.5, 0.6) is 0 Å². The Hall–Kier alpha value is -1.55. The van der Waals surface area contributed by atoms with E-state index in [9.17, 15) is 9.59 Å². The van der Waals surface area contributed by atoms with Crippen molar-refractivity contribution < 1.29 is 9.59 Å². The molecule has 1 aromatic carbocycles. The number of nitrogens with one attached hydrogen (secondary N) is 1. The van der Waals surface area contributed by atoms with Crippen LogP contribution in [0.25, 0.3) is 0 Å². The second kappa shape index (κ2) is 8.52. The summed E-state index contributed by atoms with van der Waals surface area (Å²) in [6.45, 7) is 6.59. The molecule has 1 saturated carbocycles. The van der Waals surface area contributed by atoms with E-state index in [1.807, 2.05) is 25.7 Å². The molecule has 2 amide bonds.